The van der Waals surface area contributed by atoms with Crippen LogP contribution in [-0.2, 0) is 15.6 Å². The summed E-state index contributed by atoms with van der Waals surface area (Å²) in [6.07, 6.45) is 2.75. The molecule has 1 spiro atoms. The SMILES string of the molecule is O=C(NC1CC2(C1)CN(c1nc3cc(Cl)ccc3o1)C2)C1CCS(=O)C1. The number of benzene rings is 1. The highest BCUT2D eigenvalue weighted by Crippen LogP contribution is 2.49. The summed E-state index contributed by atoms with van der Waals surface area (Å²) in [5.74, 6) is 1.22. The first-order valence-corrected chi connectivity index (χ1v) is 10.8. The van der Waals surface area contributed by atoms with E-state index in [0.29, 0.717) is 22.5 Å². The first kappa shape index (κ1) is 16.6. The fourth-order valence-corrected chi connectivity index (χ4v) is 6.11. The lowest BCUT2D eigenvalue weighted by Gasteiger charge is -2.58. The molecule has 2 aliphatic heterocycles. The van der Waals surface area contributed by atoms with Crippen molar-refractivity contribution in [2.45, 2.75) is 25.3 Å². The van der Waals surface area contributed by atoms with Gasteiger partial charge < -0.3 is 14.6 Å². The number of rotatable bonds is 3. The molecule has 2 unspecified atom stereocenters. The smallest absolute Gasteiger partial charge is 0.298 e. The van der Waals surface area contributed by atoms with Gasteiger partial charge in [-0.05, 0) is 37.5 Å². The number of hydrogen-bond acceptors (Lipinski definition) is 5. The predicted molar refractivity (Wildman–Crippen MR) is 101 cm³/mol. The van der Waals surface area contributed by atoms with Crippen molar-refractivity contribution >= 4 is 45.4 Å². The average Bonchev–Trinajstić information content (AvgIpc) is 3.13. The van der Waals surface area contributed by atoms with Crippen molar-refractivity contribution in [2.75, 3.05) is 29.5 Å². The number of nitrogens with one attached hydrogen (secondary N) is 1. The van der Waals surface area contributed by atoms with E-state index in [2.05, 4.69) is 15.2 Å². The molecule has 1 amide bonds. The van der Waals surface area contributed by atoms with Gasteiger partial charge in [-0.1, -0.05) is 11.6 Å². The molecule has 2 atom stereocenters. The highest BCUT2D eigenvalue weighted by molar-refractivity contribution is 7.85. The first-order chi connectivity index (χ1) is 12.5. The van der Waals surface area contributed by atoms with Crippen molar-refractivity contribution in [1.29, 1.82) is 0 Å². The molecular weight excluding hydrogens is 374 g/mol. The van der Waals surface area contributed by atoms with Crippen LogP contribution in [0.4, 0.5) is 6.01 Å². The van der Waals surface area contributed by atoms with Gasteiger partial charge in [0.1, 0.15) is 5.52 Å². The second-order valence-corrected chi connectivity index (χ2v) is 9.93. The van der Waals surface area contributed by atoms with Gasteiger partial charge in [0.05, 0.1) is 5.92 Å². The maximum absolute atomic E-state index is 12.2. The highest BCUT2D eigenvalue weighted by Gasteiger charge is 2.54. The van der Waals surface area contributed by atoms with E-state index in [-0.39, 0.29) is 23.3 Å². The number of anilines is 1. The molecule has 3 heterocycles. The van der Waals surface area contributed by atoms with Gasteiger partial charge in [-0.3, -0.25) is 9.00 Å². The Kier molecular flexibility index (Phi) is 3.79. The molecule has 5 rings (SSSR count). The van der Waals surface area contributed by atoms with Crippen molar-refractivity contribution in [1.82, 2.24) is 10.3 Å². The second kappa shape index (κ2) is 5.96. The van der Waals surface area contributed by atoms with Crippen LogP contribution in [0, 0.1) is 11.3 Å². The minimum Gasteiger partial charge on any atom is -0.423 e. The zero-order valence-corrected chi connectivity index (χ0v) is 15.8. The van der Waals surface area contributed by atoms with Crippen LogP contribution in [-0.4, -0.2) is 45.7 Å². The van der Waals surface area contributed by atoms with Crippen LogP contribution < -0.4 is 10.2 Å². The van der Waals surface area contributed by atoms with E-state index < -0.39 is 10.8 Å². The molecule has 1 N–H and O–H groups in total. The van der Waals surface area contributed by atoms with E-state index in [9.17, 15) is 9.00 Å². The third-order valence-electron chi connectivity index (χ3n) is 5.82. The zero-order chi connectivity index (χ0) is 17.9. The van der Waals surface area contributed by atoms with Gasteiger partial charge in [0.15, 0.2) is 5.58 Å². The standard InChI is InChI=1S/C18H20ClN3O3S/c19-12-1-2-15-14(5-12)21-17(25-15)22-9-18(10-22)6-13(7-18)20-16(23)11-3-4-26(24)8-11/h1-2,5,11,13H,3-4,6-10H2,(H,20,23). The van der Waals surface area contributed by atoms with Crippen molar-refractivity contribution < 1.29 is 13.4 Å². The van der Waals surface area contributed by atoms with Gasteiger partial charge in [0, 0.05) is 51.9 Å². The van der Waals surface area contributed by atoms with Gasteiger partial charge >= 0.3 is 0 Å². The predicted octanol–water partition coefficient (Wildman–Crippen LogP) is 2.33. The Morgan fingerprint density at radius 3 is 2.92 bits per heavy atom. The molecule has 26 heavy (non-hydrogen) atoms. The molecule has 1 saturated carbocycles. The number of hydrogen-bond donors (Lipinski definition) is 1. The Hall–Kier alpha value is -1.60. The second-order valence-electron chi connectivity index (χ2n) is 7.87. The summed E-state index contributed by atoms with van der Waals surface area (Å²) >= 11 is 6.00. The summed E-state index contributed by atoms with van der Waals surface area (Å²) in [5.41, 5.74) is 1.80. The average molecular weight is 394 g/mol. The molecule has 1 aromatic carbocycles. The van der Waals surface area contributed by atoms with Crippen LogP contribution in [0.2, 0.25) is 5.02 Å². The van der Waals surface area contributed by atoms with E-state index in [4.69, 9.17) is 16.0 Å². The fraction of sp³-hybridized carbons (Fsp3) is 0.556. The third kappa shape index (κ3) is 2.81. The summed E-state index contributed by atoms with van der Waals surface area (Å²) < 4.78 is 17.3. The first-order valence-electron chi connectivity index (χ1n) is 8.96. The van der Waals surface area contributed by atoms with Crippen LogP contribution in [0.3, 0.4) is 0 Å². The van der Waals surface area contributed by atoms with E-state index in [1.54, 1.807) is 6.07 Å². The van der Waals surface area contributed by atoms with Gasteiger partial charge in [-0.25, -0.2) is 0 Å². The normalized spacial score (nSPS) is 27.5. The zero-order valence-electron chi connectivity index (χ0n) is 14.2. The summed E-state index contributed by atoms with van der Waals surface area (Å²) in [5, 5.41) is 3.79. The summed E-state index contributed by atoms with van der Waals surface area (Å²) in [4.78, 5) is 18.9. The van der Waals surface area contributed by atoms with Crippen molar-refractivity contribution in [3.63, 3.8) is 0 Å². The van der Waals surface area contributed by atoms with Gasteiger partial charge in [0.25, 0.3) is 6.01 Å². The Morgan fingerprint density at radius 1 is 1.38 bits per heavy atom. The molecule has 138 valence electrons. The molecular formula is C18H20ClN3O3S. The van der Waals surface area contributed by atoms with Crippen LogP contribution in [0.5, 0.6) is 0 Å². The van der Waals surface area contributed by atoms with Crippen LogP contribution >= 0.6 is 11.6 Å². The Labute approximate surface area is 158 Å². The monoisotopic (exact) mass is 393 g/mol. The number of fused-ring (bicyclic) bond motifs is 1. The molecule has 0 bridgehead atoms. The third-order valence-corrected chi connectivity index (χ3v) is 7.52. The molecule has 0 radical (unpaired) electrons. The molecule has 6 nitrogen and oxygen atoms in total. The van der Waals surface area contributed by atoms with E-state index in [1.807, 2.05) is 12.1 Å². The number of aromatic nitrogens is 1. The van der Waals surface area contributed by atoms with Crippen LogP contribution in [0.25, 0.3) is 11.1 Å². The fourth-order valence-electron chi connectivity index (χ4n) is 4.46. The lowest BCUT2D eigenvalue weighted by Crippen LogP contribution is -2.67. The van der Waals surface area contributed by atoms with Crippen molar-refractivity contribution in [2.24, 2.45) is 11.3 Å². The minimum atomic E-state index is -0.806. The topological polar surface area (TPSA) is 75.4 Å². The quantitative estimate of drug-likeness (QED) is 0.866. The molecule has 1 aliphatic carbocycles. The Morgan fingerprint density at radius 2 is 2.19 bits per heavy atom. The van der Waals surface area contributed by atoms with Crippen LogP contribution in [0.15, 0.2) is 22.6 Å². The molecule has 1 aromatic heterocycles. The molecule has 3 aliphatic rings. The molecule has 2 aromatic rings. The van der Waals surface area contributed by atoms with Gasteiger partial charge in [-0.2, -0.15) is 4.98 Å². The lowest BCUT2D eigenvalue weighted by atomic mass is 9.60. The summed E-state index contributed by atoms with van der Waals surface area (Å²) in [6, 6.07) is 6.35. The minimum absolute atomic E-state index is 0.0585. The maximum atomic E-state index is 12.2. The molecule has 3 fully saturated rings. The lowest BCUT2D eigenvalue weighted by molar-refractivity contribution is -0.126. The number of amides is 1. The highest BCUT2D eigenvalue weighted by atomic mass is 35.5. The molecule has 8 heteroatoms. The van der Waals surface area contributed by atoms with Crippen molar-refractivity contribution in [3.05, 3.63) is 23.2 Å². The van der Waals surface area contributed by atoms with Gasteiger partial charge in [-0.15, -0.1) is 0 Å². The summed E-state index contributed by atoms with van der Waals surface area (Å²) in [7, 11) is -0.806. The van der Waals surface area contributed by atoms with E-state index >= 15 is 0 Å². The maximum Gasteiger partial charge on any atom is 0.298 e. The van der Waals surface area contributed by atoms with E-state index in [0.717, 1.165) is 43.5 Å². The van der Waals surface area contributed by atoms with E-state index in [1.165, 1.54) is 0 Å². The van der Waals surface area contributed by atoms with Crippen molar-refractivity contribution in [3.8, 4) is 0 Å². The number of carbonyl (C=O) groups excluding carboxylic acids is 1. The Bertz CT molecular complexity index is 900. The largest absolute Gasteiger partial charge is 0.423 e. The summed E-state index contributed by atoms with van der Waals surface area (Å²) in [6.45, 7) is 1.82. The molecule has 2 saturated heterocycles. The number of oxazole rings is 1. The van der Waals surface area contributed by atoms with Crippen LogP contribution in [0.1, 0.15) is 19.3 Å². The number of halogens is 1. The number of nitrogens with zero attached hydrogens (tertiary/aromatic N) is 2. The van der Waals surface area contributed by atoms with Gasteiger partial charge in [0.2, 0.25) is 5.91 Å². The Balaban J connectivity index is 1.15. The number of carbonyl (C=O) groups is 1.